The quantitative estimate of drug-likeness (QED) is 0.217. The molecule has 7 aromatic carbocycles. The molecule has 0 aliphatic heterocycles. The lowest BCUT2D eigenvalue weighted by Gasteiger charge is -2.26. The number of benzene rings is 7. The number of para-hydroxylation sites is 2. The molecule has 0 bridgehead atoms. The Bertz CT molecular complexity index is 2180. The first kappa shape index (κ1) is 24.2. The predicted octanol–water partition coefficient (Wildman–Crippen LogP) is 11.5. The molecule has 0 fully saturated rings. The maximum Gasteiger partial charge on any atom is 0.136 e. The van der Waals surface area contributed by atoms with Crippen molar-refractivity contribution in [3.05, 3.63) is 164 Å². The van der Waals surface area contributed by atoms with Crippen LogP contribution in [0.5, 0.6) is 0 Å². The molecule has 2 nitrogen and oxygen atoms in total. The minimum Gasteiger partial charge on any atom is -0.456 e. The average molecular weight is 538 g/mol. The maximum atomic E-state index is 6.15. The average Bonchev–Trinajstić information content (AvgIpc) is 3.45. The first-order chi connectivity index (χ1) is 20.8. The van der Waals surface area contributed by atoms with E-state index in [-0.39, 0.29) is 0 Å². The van der Waals surface area contributed by atoms with Gasteiger partial charge in [0, 0.05) is 27.8 Å². The van der Waals surface area contributed by atoms with Crippen LogP contribution in [0.1, 0.15) is 0 Å². The van der Waals surface area contributed by atoms with Gasteiger partial charge in [0.25, 0.3) is 0 Å². The van der Waals surface area contributed by atoms with E-state index in [4.69, 9.17) is 4.42 Å². The van der Waals surface area contributed by atoms with Crippen LogP contribution in [0.2, 0.25) is 0 Å². The Morgan fingerprint density at radius 3 is 1.76 bits per heavy atom. The lowest BCUT2D eigenvalue weighted by Crippen LogP contribution is -2.09. The molecule has 1 aromatic heterocycles. The summed E-state index contributed by atoms with van der Waals surface area (Å²) in [5, 5.41) is 4.70. The molecule has 0 amide bonds. The molecule has 198 valence electrons. The molecule has 0 aliphatic carbocycles. The van der Waals surface area contributed by atoms with Crippen LogP contribution in [0, 0.1) is 0 Å². The molecule has 0 unspecified atom stereocenters. The summed E-state index contributed by atoms with van der Waals surface area (Å²) < 4.78 is 6.15. The fraction of sp³-hybridized carbons (Fsp3) is 0. The Hall–Kier alpha value is -5.60. The molecule has 0 radical (unpaired) electrons. The number of hydrogen-bond donors (Lipinski definition) is 0. The van der Waals surface area contributed by atoms with Crippen LogP contribution < -0.4 is 4.90 Å². The summed E-state index contributed by atoms with van der Waals surface area (Å²) in [6.07, 6.45) is 0. The molecule has 0 spiro atoms. The largest absolute Gasteiger partial charge is 0.456 e. The lowest BCUT2D eigenvalue weighted by molar-refractivity contribution is 0.669. The number of furan rings is 1. The van der Waals surface area contributed by atoms with E-state index in [1.807, 2.05) is 12.1 Å². The predicted molar refractivity (Wildman–Crippen MR) is 177 cm³/mol. The zero-order valence-electron chi connectivity index (χ0n) is 22.9. The van der Waals surface area contributed by atoms with Gasteiger partial charge >= 0.3 is 0 Å². The number of anilines is 3. The smallest absolute Gasteiger partial charge is 0.136 e. The SMILES string of the molecule is c1ccc(-c2cccc(-c3ccc(N(c4ccccc4)c4ccc5c(ccc6oc7ccccc7c65)c4)cc3)c2)cc1. The van der Waals surface area contributed by atoms with Gasteiger partial charge in [0.05, 0.1) is 0 Å². The van der Waals surface area contributed by atoms with E-state index in [1.165, 1.54) is 38.4 Å². The first-order valence-corrected chi connectivity index (χ1v) is 14.3. The summed E-state index contributed by atoms with van der Waals surface area (Å²) in [5.41, 5.74) is 10.0. The van der Waals surface area contributed by atoms with Crippen molar-refractivity contribution < 1.29 is 4.42 Å². The van der Waals surface area contributed by atoms with E-state index in [1.54, 1.807) is 0 Å². The van der Waals surface area contributed by atoms with Gasteiger partial charge in [0.15, 0.2) is 0 Å². The number of fused-ring (bicyclic) bond motifs is 5. The van der Waals surface area contributed by atoms with Gasteiger partial charge in [0.1, 0.15) is 11.2 Å². The van der Waals surface area contributed by atoms with Crippen LogP contribution in [0.4, 0.5) is 17.1 Å². The molecular weight excluding hydrogens is 510 g/mol. The van der Waals surface area contributed by atoms with Crippen LogP contribution in [0.3, 0.4) is 0 Å². The fourth-order valence-corrected chi connectivity index (χ4v) is 6.02. The number of rotatable bonds is 5. The van der Waals surface area contributed by atoms with Crippen LogP contribution in [0.25, 0.3) is 55.0 Å². The van der Waals surface area contributed by atoms with Gasteiger partial charge in [-0.05, 0) is 87.6 Å². The number of nitrogens with zero attached hydrogens (tertiary/aromatic N) is 1. The molecule has 42 heavy (non-hydrogen) atoms. The molecule has 8 aromatic rings. The van der Waals surface area contributed by atoms with E-state index in [0.29, 0.717) is 0 Å². The topological polar surface area (TPSA) is 16.4 Å². The summed E-state index contributed by atoms with van der Waals surface area (Å²) in [4.78, 5) is 2.32. The van der Waals surface area contributed by atoms with Gasteiger partial charge in [-0.25, -0.2) is 0 Å². The zero-order valence-corrected chi connectivity index (χ0v) is 22.9. The molecule has 0 atom stereocenters. The van der Waals surface area contributed by atoms with Crippen molar-refractivity contribution in [2.75, 3.05) is 4.90 Å². The highest BCUT2D eigenvalue weighted by molar-refractivity contribution is 6.19. The Kier molecular flexibility index (Phi) is 5.82. The highest BCUT2D eigenvalue weighted by Crippen LogP contribution is 2.40. The van der Waals surface area contributed by atoms with Crippen molar-refractivity contribution in [3.63, 3.8) is 0 Å². The van der Waals surface area contributed by atoms with Crippen LogP contribution in [-0.4, -0.2) is 0 Å². The third-order valence-electron chi connectivity index (χ3n) is 8.04. The maximum absolute atomic E-state index is 6.15. The minimum absolute atomic E-state index is 0.920. The second-order valence-corrected chi connectivity index (χ2v) is 10.6. The third-order valence-corrected chi connectivity index (χ3v) is 8.04. The van der Waals surface area contributed by atoms with E-state index >= 15 is 0 Å². The van der Waals surface area contributed by atoms with Gasteiger partial charge in [-0.2, -0.15) is 0 Å². The van der Waals surface area contributed by atoms with Crippen molar-refractivity contribution in [1.82, 2.24) is 0 Å². The van der Waals surface area contributed by atoms with E-state index in [9.17, 15) is 0 Å². The molecule has 0 N–H and O–H groups in total. The third kappa shape index (κ3) is 4.22. The molecule has 0 saturated carbocycles. The molecule has 8 rings (SSSR count). The van der Waals surface area contributed by atoms with E-state index in [2.05, 4.69) is 157 Å². The van der Waals surface area contributed by atoms with Crippen molar-refractivity contribution in [3.8, 4) is 22.3 Å². The summed E-state index contributed by atoms with van der Waals surface area (Å²) in [5.74, 6) is 0. The minimum atomic E-state index is 0.920. The van der Waals surface area contributed by atoms with Gasteiger partial charge in [-0.15, -0.1) is 0 Å². The lowest BCUT2D eigenvalue weighted by atomic mass is 9.99. The Balaban J connectivity index is 1.21. The summed E-state index contributed by atoms with van der Waals surface area (Å²) in [6, 6.07) is 58.0. The van der Waals surface area contributed by atoms with Gasteiger partial charge in [0.2, 0.25) is 0 Å². The monoisotopic (exact) mass is 537 g/mol. The van der Waals surface area contributed by atoms with Crippen molar-refractivity contribution in [2.45, 2.75) is 0 Å². The van der Waals surface area contributed by atoms with Crippen molar-refractivity contribution in [2.24, 2.45) is 0 Å². The second-order valence-electron chi connectivity index (χ2n) is 10.6. The van der Waals surface area contributed by atoms with Gasteiger partial charge in [-0.3, -0.25) is 0 Å². The summed E-state index contributed by atoms with van der Waals surface area (Å²) >= 11 is 0. The van der Waals surface area contributed by atoms with Crippen LogP contribution in [-0.2, 0) is 0 Å². The zero-order chi connectivity index (χ0) is 27.9. The van der Waals surface area contributed by atoms with Crippen LogP contribution in [0.15, 0.2) is 168 Å². The standard InChI is InChI=1S/C40H27NO/c1-3-10-28(11-4-1)30-12-9-13-31(26-30)29-18-21-34(22-19-29)41(33-14-5-2-6-15-33)35-23-24-36-32(27-35)20-25-39-40(36)37-16-7-8-17-38(37)42-39/h1-27H. The molecule has 1 heterocycles. The highest BCUT2D eigenvalue weighted by atomic mass is 16.3. The van der Waals surface area contributed by atoms with Crippen LogP contribution >= 0.6 is 0 Å². The van der Waals surface area contributed by atoms with Crippen molar-refractivity contribution >= 4 is 49.8 Å². The molecule has 0 aliphatic rings. The normalized spacial score (nSPS) is 11.3. The van der Waals surface area contributed by atoms with E-state index < -0.39 is 0 Å². The molecule has 2 heteroatoms. The first-order valence-electron chi connectivity index (χ1n) is 14.3. The molecular formula is C40H27NO. The highest BCUT2D eigenvalue weighted by Gasteiger charge is 2.15. The van der Waals surface area contributed by atoms with E-state index in [0.717, 1.165) is 33.6 Å². The Morgan fingerprint density at radius 2 is 0.976 bits per heavy atom. The Morgan fingerprint density at radius 1 is 0.357 bits per heavy atom. The van der Waals surface area contributed by atoms with Crippen molar-refractivity contribution in [1.29, 1.82) is 0 Å². The summed E-state index contributed by atoms with van der Waals surface area (Å²) in [6.45, 7) is 0. The van der Waals surface area contributed by atoms with Gasteiger partial charge in [-0.1, -0.05) is 109 Å². The summed E-state index contributed by atoms with van der Waals surface area (Å²) in [7, 11) is 0. The molecule has 0 saturated heterocycles. The Labute approximate surface area is 244 Å². The second kappa shape index (κ2) is 10.1. The van der Waals surface area contributed by atoms with Gasteiger partial charge < -0.3 is 9.32 Å². The number of hydrogen-bond acceptors (Lipinski definition) is 2. The fourth-order valence-electron chi connectivity index (χ4n) is 6.02.